The summed E-state index contributed by atoms with van der Waals surface area (Å²) in [7, 11) is 0. The molecule has 0 saturated carbocycles. The van der Waals surface area contributed by atoms with Gasteiger partial charge in [-0.3, -0.25) is 0 Å². The number of hydrogen-bond acceptors (Lipinski definition) is 4. The van der Waals surface area contributed by atoms with Gasteiger partial charge in [0.1, 0.15) is 0 Å². The molecule has 3 nitrogen and oxygen atoms in total. The number of benzene rings is 1. The van der Waals surface area contributed by atoms with Gasteiger partial charge in [-0.25, -0.2) is 0 Å². The minimum Gasteiger partial charge on any atom is -0.454 e. The number of hydrogen-bond donors (Lipinski definition) is 1. The summed E-state index contributed by atoms with van der Waals surface area (Å²) >= 11 is 11.1. The van der Waals surface area contributed by atoms with E-state index in [-0.39, 0.29) is 12.8 Å². The molecule has 1 aliphatic heterocycles. The van der Waals surface area contributed by atoms with Crippen molar-refractivity contribution in [2.24, 2.45) is 0 Å². The van der Waals surface area contributed by atoms with Gasteiger partial charge in [-0.2, -0.15) is 0 Å². The topological polar surface area (TPSA) is 30.5 Å². The van der Waals surface area contributed by atoms with E-state index in [0.717, 1.165) is 32.4 Å². The number of rotatable bonds is 4. The number of ether oxygens (including phenoxy) is 2. The van der Waals surface area contributed by atoms with Crippen LogP contribution in [0.3, 0.4) is 0 Å². The number of nitrogens with one attached hydrogen (secondary N) is 1. The maximum absolute atomic E-state index is 5.96. The van der Waals surface area contributed by atoms with E-state index in [4.69, 9.17) is 21.1 Å². The van der Waals surface area contributed by atoms with Crippen molar-refractivity contribution in [3.8, 4) is 11.5 Å². The van der Waals surface area contributed by atoms with E-state index in [9.17, 15) is 0 Å². The molecule has 0 radical (unpaired) electrons. The first kappa shape index (κ1) is 14.2. The molecule has 3 rings (SSSR count). The lowest BCUT2D eigenvalue weighted by atomic mass is 10.2. The average molecular weight is 375 g/mol. The van der Waals surface area contributed by atoms with Gasteiger partial charge in [0.15, 0.2) is 11.5 Å². The molecular formula is C14H13BrClNO2S. The van der Waals surface area contributed by atoms with E-state index >= 15 is 0 Å². The summed E-state index contributed by atoms with van der Waals surface area (Å²) in [6.07, 6.45) is 0. The van der Waals surface area contributed by atoms with Crippen molar-refractivity contribution in [1.29, 1.82) is 0 Å². The highest BCUT2D eigenvalue weighted by atomic mass is 79.9. The van der Waals surface area contributed by atoms with E-state index in [1.54, 1.807) is 11.3 Å². The standard InChI is InChI=1S/C14H13BrClNO2S/c1-8(12-2-3-13(16)20-12)17-6-9-4-10(15)14-11(5-9)18-7-19-14/h2-5,8,17H,6-7H2,1H3. The van der Waals surface area contributed by atoms with E-state index < -0.39 is 0 Å². The smallest absolute Gasteiger partial charge is 0.231 e. The molecule has 2 heterocycles. The SMILES string of the molecule is CC(NCc1cc(Br)c2c(c1)OCO2)c1ccc(Cl)s1. The van der Waals surface area contributed by atoms with Gasteiger partial charge in [0.05, 0.1) is 8.81 Å². The Morgan fingerprint density at radius 1 is 1.40 bits per heavy atom. The zero-order valence-corrected chi connectivity index (χ0v) is 13.9. The van der Waals surface area contributed by atoms with Crippen molar-refractivity contribution < 1.29 is 9.47 Å². The van der Waals surface area contributed by atoms with E-state index in [1.165, 1.54) is 4.88 Å². The van der Waals surface area contributed by atoms with Crippen LogP contribution in [0, 0.1) is 0 Å². The lowest BCUT2D eigenvalue weighted by Crippen LogP contribution is -2.17. The zero-order chi connectivity index (χ0) is 14.1. The summed E-state index contributed by atoms with van der Waals surface area (Å²) in [5, 5.41) is 3.48. The largest absolute Gasteiger partial charge is 0.454 e. The first-order chi connectivity index (χ1) is 9.63. The minimum atomic E-state index is 0.261. The first-order valence-electron chi connectivity index (χ1n) is 6.20. The molecule has 2 aromatic rings. The fourth-order valence-electron chi connectivity index (χ4n) is 2.06. The molecule has 0 bridgehead atoms. The quantitative estimate of drug-likeness (QED) is 0.838. The Hall–Kier alpha value is -0.750. The van der Waals surface area contributed by atoms with Gasteiger partial charge in [0.25, 0.3) is 0 Å². The van der Waals surface area contributed by atoms with Crippen LogP contribution in [0.25, 0.3) is 0 Å². The molecule has 1 aliphatic rings. The van der Waals surface area contributed by atoms with Gasteiger partial charge in [-0.1, -0.05) is 11.6 Å². The van der Waals surface area contributed by atoms with Crippen LogP contribution in [-0.4, -0.2) is 6.79 Å². The number of thiophene rings is 1. The van der Waals surface area contributed by atoms with Crippen molar-refractivity contribution in [1.82, 2.24) is 5.32 Å². The molecule has 1 aromatic heterocycles. The van der Waals surface area contributed by atoms with Crippen molar-refractivity contribution in [2.45, 2.75) is 19.5 Å². The fraction of sp³-hybridized carbons (Fsp3) is 0.286. The Kier molecular flexibility index (Phi) is 4.21. The molecule has 0 fully saturated rings. The predicted octanol–water partition coefficient (Wildman–Crippen LogP) is 4.74. The molecule has 6 heteroatoms. The molecule has 106 valence electrons. The summed E-state index contributed by atoms with van der Waals surface area (Å²) in [6.45, 7) is 3.17. The Balaban J connectivity index is 1.68. The monoisotopic (exact) mass is 373 g/mol. The molecule has 0 amide bonds. The van der Waals surface area contributed by atoms with Gasteiger partial charge < -0.3 is 14.8 Å². The molecule has 0 saturated heterocycles. The molecule has 1 unspecified atom stereocenters. The van der Waals surface area contributed by atoms with Gasteiger partial charge in [-0.15, -0.1) is 11.3 Å². The molecule has 1 N–H and O–H groups in total. The van der Waals surface area contributed by atoms with Crippen LogP contribution in [0.5, 0.6) is 11.5 Å². The van der Waals surface area contributed by atoms with Crippen LogP contribution < -0.4 is 14.8 Å². The molecular weight excluding hydrogens is 362 g/mol. The Morgan fingerprint density at radius 2 is 2.25 bits per heavy atom. The minimum absolute atomic E-state index is 0.261. The second-order valence-corrected chi connectivity index (χ2v) is 7.16. The highest BCUT2D eigenvalue weighted by Gasteiger charge is 2.18. The second-order valence-electron chi connectivity index (χ2n) is 4.56. The maximum atomic E-state index is 5.96. The second kappa shape index (κ2) is 5.93. The van der Waals surface area contributed by atoms with Crippen molar-refractivity contribution in [2.75, 3.05) is 6.79 Å². The molecule has 20 heavy (non-hydrogen) atoms. The Bertz CT molecular complexity index is 632. The average Bonchev–Trinajstić information content (AvgIpc) is 3.04. The van der Waals surface area contributed by atoms with Crippen LogP contribution in [0.1, 0.15) is 23.4 Å². The zero-order valence-electron chi connectivity index (χ0n) is 10.8. The summed E-state index contributed by atoms with van der Waals surface area (Å²) in [5.74, 6) is 1.58. The molecule has 1 atom stereocenters. The van der Waals surface area contributed by atoms with Gasteiger partial charge in [-0.05, 0) is 52.7 Å². The van der Waals surface area contributed by atoms with Crippen LogP contribution in [0.4, 0.5) is 0 Å². The van der Waals surface area contributed by atoms with Gasteiger partial charge in [0, 0.05) is 17.5 Å². The molecule has 0 aliphatic carbocycles. The highest BCUT2D eigenvalue weighted by Crippen LogP contribution is 2.40. The van der Waals surface area contributed by atoms with Crippen molar-refractivity contribution in [3.63, 3.8) is 0 Å². The summed E-state index contributed by atoms with van der Waals surface area (Å²) < 4.78 is 12.5. The van der Waals surface area contributed by atoms with Crippen LogP contribution in [0.2, 0.25) is 4.34 Å². The van der Waals surface area contributed by atoms with Crippen LogP contribution in [0.15, 0.2) is 28.7 Å². The fourth-order valence-corrected chi connectivity index (χ4v) is 3.75. The summed E-state index contributed by atoms with van der Waals surface area (Å²) in [6, 6.07) is 8.30. The van der Waals surface area contributed by atoms with Gasteiger partial charge >= 0.3 is 0 Å². The first-order valence-corrected chi connectivity index (χ1v) is 8.19. The third-order valence-corrected chi connectivity index (χ3v) is 5.12. The van der Waals surface area contributed by atoms with Crippen LogP contribution >= 0.6 is 38.9 Å². The third kappa shape index (κ3) is 2.96. The van der Waals surface area contributed by atoms with E-state index in [1.807, 2.05) is 12.1 Å². The summed E-state index contributed by atoms with van der Waals surface area (Å²) in [5.41, 5.74) is 1.15. The lowest BCUT2D eigenvalue weighted by Gasteiger charge is -2.13. The van der Waals surface area contributed by atoms with E-state index in [2.05, 4.69) is 40.3 Å². The number of halogens is 2. The third-order valence-electron chi connectivity index (χ3n) is 3.12. The van der Waals surface area contributed by atoms with Crippen LogP contribution in [-0.2, 0) is 6.54 Å². The Labute approximate surface area is 135 Å². The van der Waals surface area contributed by atoms with Crippen molar-refractivity contribution >= 4 is 38.9 Å². The predicted molar refractivity (Wildman–Crippen MR) is 84.8 cm³/mol. The number of fused-ring (bicyclic) bond motifs is 1. The van der Waals surface area contributed by atoms with Gasteiger partial charge in [0.2, 0.25) is 6.79 Å². The molecule has 0 spiro atoms. The summed E-state index contributed by atoms with van der Waals surface area (Å²) in [4.78, 5) is 1.23. The highest BCUT2D eigenvalue weighted by molar-refractivity contribution is 9.10. The van der Waals surface area contributed by atoms with Crippen molar-refractivity contribution in [3.05, 3.63) is 43.5 Å². The lowest BCUT2D eigenvalue weighted by molar-refractivity contribution is 0.173. The molecule has 1 aromatic carbocycles. The normalized spacial score (nSPS) is 14.6. The Morgan fingerprint density at radius 3 is 3.00 bits per heavy atom. The van der Waals surface area contributed by atoms with E-state index in [0.29, 0.717) is 0 Å². The maximum Gasteiger partial charge on any atom is 0.231 e.